The van der Waals surface area contributed by atoms with Crippen molar-refractivity contribution in [3.8, 4) is 5.75 Å². The number of anilines is 2. The van der Waals surface area contributed by atoms with E-state index >= 15 is 0 Å². The lowest BCUT2D eigenvalue weighted by molar-refractivity contribution is -0.146. The van der Waals surface area contributed by atoms with E-state index < -0.39 is 40.6 Å². The fraction of sp³-hybridized carbons (Fsp3) is 0.312. The van der Waals surface area contributed by atoms with Crippen LogP contribution in [-0.2, 0) is 42.9 Å². The van der Waals surface area contributed by atoms with Gasteiger partial charge in [0.05, 0.1) is 67.4 Å². The van der Waals surface area contributed by atoms with Crippen LogP contribution in [0, 0.1) is 0 Å². The molecule has 54 heavy (non-hydrogen) atoms. The molecule has 0 aromatic carbocycles. The quantitative estimate of drug-likeness (QED) is 0.0659. The molecular formula is C32H37Cl2N3O14S3. The van der Waals surface area contributed by atoms with Crippen molar-refractivity contribution in [3.05, 3.63) is 59.3 Å². The van der Waals surface area contributed by atoms with E-state index in [4.69, 9.17) is 22.1 Å². The van der Waals surface area contributed by atoms with Gasteiger partial charge in [-0.15, -0.1) is 46.4 Å². The molecular weight excluding hydrogens is 817 g/mol. The van der Waals surface area contributed by atoms with Gasteiger partial charge in [0.2, 0.25) is 11.1 Å². The zero-order chi connectivity index (χ0) is 40.1. The Morgan fingerprint density at radius 1 is 0.759 bits per heavy atom. The number of fused-ring (bicyclic) bond motifs is 1. The summed E-state index contributed by atoms with van der Waals surface area (Å²) < 4.78 is 22.8. The van der Waals surface area contributed by atoms with Crippen LogP contribution in [0.1, 0.15) is 64.7 Å². The number of esters is 5. The van der Waals surface area contributed by atoms with Crippen molar-refractivity contribution < 1.29 is 62.4 Å². The number of halogens is 2. The van der Waals surface area contributed by atoms with E-state index in [1.54, 1.807) is 53.1 Å². The second-order valence-electron chi connectivity index (χ2n) is 9.39. The highest BCUT2D eigenvalue weighted by atomic mass is 35.5. The smallest absolute Gasteiger partial charge is 0.347 e. The summed E-state index contributed by atoms with van der Waals surface area (Å²) in [6.07, 6.45) is -0.723. The molecule has 0 spiro atoms. The third-order valence-electron chi connectivity index (χ3n) is 5.75. The first kappa shape index (κ1) is 49.0. The van der Waals surface area contributed by atoms with E-state index in [9.17, 15) is 43.5 Å². The van der Waals surface area contributed by atoms with Crippen molar-refractivity contribution in [2.75, 3.05) is 45.1 Å². The molecule has 0 aliphatic rings. The Hall–Kier alpha value is -5.02. The summed E-state index contributed by atoms with van der Waals surface area (Å²) in [5.41, 5.74) is 6.50. The third-order valence-corrected chi connectivity index (χ3v) is 8.13. The molecule has 0 aliphatic heterocycles. The first-order valence-corrected chi connectivity index (χ1v) is 18.2. The first-order valence-electron chi connectivity index (χ1n) is 15.0. The number of H-pyrrole nitrogens is 1. The van der Waals surface area contributed by atoms with E-state index in [1.807, 2.05) is 0 Å². The molecule has 0 unspecified atom stereocenters. The molecule has 4 rings (SSSR count). The summed E-state index contributed by atoms with van der Waals surface area (Å²) >= 11 is 8.83. The molecule has 4 aromatic rings. The van der Waals surface area contributed by atoms with Gasteiger partial charge in [0, 0.05) is 32.3 Å². The van der Waals surface area contributed by atoms with Gasteiger partial charge in [-0.3, -0.25) is 24.0 Å². The number of hydrogen-bond acceptors (Lipinski definition) is 18. The van der Waals surface area contributed by atoms with Gasteiger partial charge in [-0.2, -0.15) is 0 Å². The molecule has 22 heteroatoms. The van der Waals surface area contributed by atoms with Gasteiger partial charge in [0.15, 0.2) is 5.56 Å². The molecule has 4 heterocycles. The van der Waals surface area contributed by atoms with Crippen molar-refractivity contribution in [2.24, 2.45) is 0 Å². The summed E-state index contributed by atoms with van der Waals surface area (Å²) in [6.45, 7) is 5.60. The number of aromatic amines is 1. The average Bonchev–Trinajstić information content (AvgIpc) is 3.86. The number of thiophene rings is 3. The largest absolute Gasteiger partial charge is 0.506 e. The Morgan fingerprint density at radius 3 is 1.80 bits per heavy atom. The van der Waals surface area contributed by atoms with Crippen molar-refractivity contribution in [3.63, 3.8) is 0 Å². The predicted molar refractivity (Wildman–Crippen MR) is 205 cm³/mol. The van der Waals surface area contributed by atoms with Crippen molar-refractivity contribution in [2.45, 2.75) is 33.6 Å². The number of rotatable bonds is 11. The summed E-state index contributed by atoms with van der Waals surface area (Å²) in [5.74, 6) is -3.76. The minimum absolute atomic E-state index is 0. The van der Waals surface area contributed by atoms with Gasteiger partial charge in [0.25, 0.3) is 5.56 Å². The lowest BCUT2D eigenvalue weighted by Gasteiger charge is -2.05. The van der Waals surface area contributed by atoms with E-state index in [0.29, 0.717) is 27.8 Å². The Balaban J connectivity index is 0.000000717. The maximum Gasteiger partial charge on any atom is 0.347 e. The summed E-state index contributed by atoms with van der Waals surface area (Å²) in [4.78, 5) is 90.6. The normalized spacial score (nSPS) is 9.52. The molecule has 0 atom stereocenters. The fourth-order valence-electron chi connectivity index (χ4n) is 3.50. The van der Waals surface area contributed by atoms with E-state index in [1.165, 1.54) is 48.2 Å². The van der Waals surface area contributed by atoms with Gasteiger partial charge in [-0.05, 0) is 32.4 Å². The number of nitrogens with two attached hydrogens (primary N) is 1. The molecule has 0 bridgehead atoms. The van der Waals surface area contributed by atoms with E-state index in [0.717, 1.165) is 0 Å². The SMILES string of the molecule is CCOC(=O)CC(=O)Cl.CCOC(=O)CC(=O)Nc1cscc1C(=O)OC.CCOC(=O)c1c(O)c2cscc2[nH]c1=O.COC(=O)c1cscc1N.Cl. The Labute approximate surface area is 331 Å². The van der Waals surface area contributed by atoms with Gasteiger partial charge >= 0.3 is 29.8 Å². The highest BCUT2D eigenvalue weighted by Crippen LogP contribution is 2.28. The molecule has 0 saturated heterocycles. The molecule has 17 nitrogen and oxygen atoms in total. The Morgan fingerprint density at radius 2 is 1.28 bits per heavy atom. The predicted octanol–water partition coefficient (Wildman–Crippen LogP) is 5.14. The number of aromatic nitrogens is 1. The van der Waals surface area contributed by atoms with Crippen molar-refractivity contribution >= 4 is 121 Å². The van der Waals surface area contributed by atoms with E-state index in [-0.39, 0.29) is 67.9 Å². The minimum Gasteiger partial charge on any atom is -0.506 e. The molecule has 0 radical (unpaired) electrons. The van der Waals surface area contributed by atoms with Crippen LogP contribution in [0.4, 0.5) is 11.4 Å². The first-order chi connectivity index (χ1) is 25.1. The number of aromatic hydroxyl groups is 1. The van der Waals surface area contributed by atoms with Crippen LogP contribution >= 0.6 is 58.0 Å². The molecule has 0 aliphatic carbocycles. The minimum atomic E-state index is -0.811. The molecule has 296 valence electrons. The van der Waals surface area contributed by atoms with Crippen molar-refractivity contribution in [1.82, 2.24) is 4.98 Å². The standard InChI is InChI=1S/C11H13NO5S.C10H9NO4S.C6H7NO2S.C5H7ClO3.ClH/c1-3-17-10(14)4-9(13)12-8-6-18-5-7(8)11(15)16-2;1-2-15-10(14)7-8(12)5-3-16-4-6(5)11-9(7)13;1-9-6(8)4-2-10-3-5(4)7;1-2-9-5(8)3-4(6)7;/h5-6H,3-4H2,1-2H3,(H,12,13);3-4,12H,2H2,1H3,(H,11,13);2-3H,7H2,1H3;2-3H2,1H3;1H. The van der Waals surface area contributed by atoms with Gasteiger partial charge in [-0.25, -0.2) is 14.4 Å². The maximum atomic E-state index is 11.6. The van der Waals surface area contributed by atoms with Crippen LogP contribution in [0.5, 0.6) is 5.75 Å². The number of carbonyl (C=O) groups excluding carboxylic acids is 7. The Bertz CT molecular complexity index is 1940. The zero-order valence-electron chi connectivity index (χ0n) is 29.3. The van der Waals surface area contributed by atoms with Crippen LogP contribution in [0.15, 0.2) is 37.1 Å². The van der Waals surface area contributed by atoms with Crippen LogP contribution in [-0.4, -0.2) is 85.1 Å². The van der Waals surface area contributed by atoms with Crippen LogP contribution in [0.2, 0.25) is 0 Å². The fourth-order valence-corrected chi connectivity index (χ4v) is 5.84. The molecule has 5 N–H and O–H groups in total. The molecule has 0 saturated carbocycles. The van der Waals surface area contributed by atoms with Gasteiger partial charge in [0.1, 0.15) is 18.6 Å². The van der Waals surface area contributed by atoms with Crippen LogP contribution in [0.3, 0.4) is 0 Å². The monoisotopic (exact) mass is 853 g/mol. The molecule has 1 amide bonds. The highest BCUT2D eigenvalue weighted by Gasteiger charge is 2.20. The Kier molecular flexibility index (Phi) is 23.5. The maximum absolute atomic E-state index is 11.6. The topological polar surface area (TPSA) is 257 Å². The highest BCUT2D eigenvalue weighted by molar-refractivity contribution is 7.09. The lowest BCUT2D eigenvalue weighted by Crippen LogP contribution is -2.19. The number of pyridine rings is 1. The second-order valence-corrected chi connectivity index (χ2v) is 12.0. The number of nitrogen functional groups attached to an aromatic ring is 1. The summed E-state index contributed by atoms with van der Waals surface area (Å²) in [7, 11) is 2.59. The number of nitrogens with one attached hydrogen (secondary N) is 2. The van der Waals surface area contributed by atoms with Crippen molar-refractivity contribution in [1.29, 1.82) is 0 Å². The van der Waals surface area contributed by atoms with Gasteiger partial charge in [-0.1, -0.05) is 0 Å². The zero-order valence-corrected chi connectivity index (χ0v) is 33.4. The summed E-state index contributed by atoms with van der Waals surface area (Å²) in [6, 6.07) is 0. The number of methoxy groups -OCH3 is 2. The van der Waals surface area contributed by atoms with Crippen LogP contribution < -0.4 is 16.6 Å². The number of ether oxygens (including phenoxy) is 5. The average molecular weight is 855 g/mol. The number of amides is 1. The molecule has 4 aromatic heterocycles. The van der Waals surface area contributed by atoms with E-state index in [2.05, 4.69) is 29.2 Å². The summed E-state index contributed by atoms with van der Waals surface area (Å²) in [5, 5.41) is 21.9. The second kappa shape index (κ2) is 25.9. The van der Waals surface area contributed by atoms with Crippen LogP contribution in [0.25, 0.3) is 10.9 Å². The molecule has 0 fully saturated rings. The van der Waals surface area contributed by atoms with Gasteiger partial charge < -0.3 is 44.8 Å². The third kappa shape index (κ3) is 16.3. The number of hydrogen-bond donors (Lipinski definition) is 4. The number of carbonyl (C=O) groups is 7. The lowest BCUT2D eigenvalue weighted by atomic mass is 10.2.